The molecule has 0 amide bonds. The number of hydrogen-bond acceptors (Lipinski definition) is 0. The summed E-state index contributed by atoms with van der Waals surface area (Å²) in [4.78, 5) is 0. The van der Waals surface area contributed by atoms with Crippen molar-refractivity contribution in [3.63, 3.8) is 0 Å². The van der Waals surface area contributed by atoms with Gasteiger partial charge in [0.25, 0.3) is 0 Å². The summed E-state index contributed by atoms with van der Waals surface area (Å²) in [6.07, 6.45) is 1.71. The lowest BCUT2D eigenvalue weighted by atomic mass is 9.59. The summed E-state index contributed by atoms with van der Waals surface area (Å²) in [7, 11) is 0. The number of rotatable bonds is 1. The first-order valence-corrected chi connectivity index (χ1v) is 7.33. The molecule has 0 N–H and O–H groups in total. The van der Waals surface area contributed by atoms with Crippen molar-refractivity contribution in [2.45, 2.75) is 73.7 Å². The summed E-state index contributed by atoms with van der Waals surface area (Å²) >= 11 is 0. The molecule has 1 fully saturated rings. The van der Waals surface area contributed by atoms with Crippen LogP contribution >= 0.6 is 0 Å². The van der Waals surface area contributed by atoms with Gasteiger partial charge >= 0.3 is 0 Å². The average molecular weight is 260 g/mol. The van der Waals surface area contributed by atoms with E-state index in [4.69, 9.17) is 0 Å². The van der Waals surface area contributed by atoms with E-state index in [-0.39, 0.29) is 16.7 Å². The molecule has 0 aromatic rings. The van der Waals surface area contributed by atoms with E-state index in [9.17, 15) is 8.78 Å². The topological polar surface area (TPSA) is 0 Å². The Hall–Kier alpha value is -0.140. The molecule has 18 heavy (non-hydrogen) atoms. The Balaban J connectivity index is 3.13. The summed E-state index contributed by atoms with van der Waals surface area (Å²) in [6, 6.07) is 0. The first kappa shape index (κ1) is 15.9. The normalized spacial score (nSPS) is 31.5. The maximum absolute atomic E-state index is 13.4. The van der Waals surface area contributed by atoms with Crippen molar-refractivity contribution in [2.24, 2.45) is 28.6 Å². The van der Waals surface area contributed by atoms with E-state index in [2.05, 4.69) is 41.5 Å². The summed E-state index contributed by atoms with van der Waals surface area (Å²) in [5.74, 6) is 0.107. The fourth-order valence-electron chi connectivity index (χ4n) is 3.90. The summed E-state index contributed by atoms with van der Waals surface area (Å²) in [6.45, 7) is 13.0. The quantitative estimate of drug-likeness (QED) is 0.525. The molecule has 0 aromatic heterocycles. The van der Waals surface area contributed by atoms with Gasteiger partial charge < -0.3 is 0 Å². The molecule has 0 saturated heterocycles. The zero-order valence-electron chi connectivity index (χ0n) is 12.9. The Kier molecular flexibility index (Phi) is 4.83. The molecule has 1 aliphatic carbocycles. The van der Waals surface area contributed by atoms with E-state index in [1.807, 2.05) is 0 Å². The van der Waals surface area contributed by atoms with Crippen molar-refractivity contribution in [3.05, 3.63) is 0 Å². The second-order valence-electron chi connectivity index (χ2n) is 8.15. The summed E-state index contributed by atoms with van der Waals surface area (Å²) in [5.41, 5.74) is 0.0822. The van der Waals surface area contributed by atoms with Crippen LogP contribution in [-0.4, -0.2) is 6.43 Å². The molecule has 0 radical (unpaired) electrons. The van der Waals surface area contributed by atoms with E-state index < -0.39 is 12.3 Å². The molecule has 0 aromatic carbocycles. The van der Waals surface area contributed by atoms with Gasteiger partial charge in [-0.3, -0.25) is 0 Å². The van der Waals surface area contributed by atoms with Crippen LogP contribution in [0.2, 0.25) is 0 Å². The van der Waals surface area contributed by atoms with Crippen LogP contribution in [0.5, 0.6) is 0 Å². The number of hydrogen-bond donors (Lipinski definition) is 0. The first-order chi connectivity index (χ1) is 8.05. The smallest absolute Gasteiger partial charge is 0.210 e. The SMILES string of the molecule is CC(C)(C)C1CCCCC(C(F)F)C1C(C)(C)C. The van der Waals surface area contributed by atoms with Gasteiger partial charge in [-0.25, -0.2) is 8.78 Å². The number of alkyl halides is 2. The van der Waals surface area contributed by atoms with E-state index in [1.54, 1.807) is 0 Å². The molecule has 2 heteroatoms. The van der Waals surface area contributed by atoms with Crippen molar-refractivity contribution in [1.82, 2.24) is 0 Å². The minimum atomic E-state index is -2.17. The van der Waals surface area contributed by atoms with Gasteiger partial charge in [0.15, 0.2) is 0 Å². The molecule has 0 spiro atoms. The largest absolute Gasteiger partial charge is 0.241 e. The minimum absolute atomic E-state index is 0.0383. The molecule has 1 saturated carbocycles. The minimum Gasteiger partial charge on any atom is -0.210 e. The van der Waals surface area contributed by atoms with E-state index in [0.717, 1.165) is 19.3 Å². The summed E-state index contributed by atoms with van der Waals surface area (Å²) < 4.78 is 26.9. The van der Waals surface area contributed by atoms with Gasteiger partial charge in [0.05, 0.1) is 0 Å². The van der Waals surface area contributed by atoms with Crippen LogP contribution in [0, 0.1) is 28.6 Å². The van der Waals surface area contributed by atoms with Crippen molar-refractivity contribution < 1.29 is 8.78 Å². The third-order valence-corrected chi connectivity index (χ3v) is 4.63. The lowest BCUT2D eigenvalue weighted by Crippen LogP contribution is -2.41. The highest BCUT2D eigenvalue weighted by atomic mass is 19.3. The zero-order chi connectivity index (χ0) is 14.1. The highest BCUT2D eigenvalue weighted by Gasteiger charge is 2.46. The number of halogens is 2. The van der Waals surface area contributed by atoms with Crippen molar-refractivity contribution in [2.75, 3.05) is 0 Å². The molecule has 0 aliphatic heterocycles. The molecular formula is C16H30F2. The lowest BCUT2D eigenvalue weighted by Gasteiger charge is -2.46. The summed E-state index contributed by atoms with van der Waals surface area (Å²) in [5, 5.41) is 0. The predicted octanol–water partition coefficient (Wildman–Crippen LogP) is 5.77. The second kappa shape index (κ2) is 5.46. The highest BCUT2D eigenvalue weighted by Crippen LogP contribution is 2.51. The average Bonchev–Trinajstić information content (AvgIpc) is 2.36. The van der Waals surface area contributed by atoms with Crippen molar-refractivity contribution in [3.8, 4) is 0 Å². The third-order valence-electron chi connectivity index (χ3n) is 4.63. The van der Waals surface area contributed by atoms with Gasteiger partial charge in [0.1, 0.15) is 0 Å². The predicted molar refractivity (Wildman–Crippen MR) is 73.9 cm³/mol. The van der Waals surface area contributed by atoms with Crippen LogP contribution in [0.1, 0.15) is 67.2 Å². The third kappa shape index (κ3) is 3.68. The Bertz CT molecular complexity index is 257. The van der Waals surface area contributed by atoms with Crippen molar-refractivity contribution in [1.29, 1.82) is 0 Å². The molecule has 108 valence electrons. The molecule has 3 atom stereocenters. The molecule has 0 nitrogen and oxygen atoms in total. The lowest BCUT2D eigenvalue weighted by molar-refractivity contribution is -0.0452. The molecule has 0 heterocycles. The van der Waals surface area contributed by atoms with Gasteiger partial charge in [-0.1, -0.05) is 54.4 Å². The standard InChI is InChI=1S/C16H30F2/c1-15(2,3)12-10-8-7-9-11(14(17)18)13(12)16(4,5)6/h11-14H,7-10H2,1-6H3. The fourth-order valence-corrected chi connectivity index (χ4v) is 3.90. The van der Waals surface area contributed by atoms with Gasteiger partial charge in [-0.05, 0) is 35.5 Å². The van der Waals surface area contributed by atoms with E-state index in [0.29, 0.717) is 12.3 Å². The first-order valence-electron chi connectivity index (χ1n) is 7.33. The molecular weight excluding hydrogens is 230 g/mol. The highest BCUT2D eigenvalue weighted by molar-refractivity contribution is 4.93. The van der Waals surface area contributed by atoms with E-state index in [1.165, 1.54) is 0 Å². The Morgan fingerprint density at radius 2 is 1.33 bits per heavy atom. The maximum Gasteiger partial charge on any atom is 0.241 e. The monoisotopic (exact) mass is 260 g/mol. The van der Waals surface area contributed by atoms with Gasteiger partial charge in [-0.15, -0.1) is 0 Å². The van der Waals surface area contributed by atoms with Crippen LogP contribution < -0.4 is 0 Å². The molecule has 0 bridgehead atoms. The second-order valence-corrected chi connectivity index (χ2v) is 8.15. The Labute approximate surface area is 112 Å². The van der Waals surface area contributed by atoms with Crippen LogP contribution in [0.4, 0.5) is 8.78 Å². The molecule has 1 aliphatic rings. The maximum atomic E-state index is 13.4. The van der Waals surface area contributed by atoms with Gasteiger partial charge in [0.2, 0.25) is 6.43 Å². The molecule has 3 unspecified atom stereocenters. The van der Waals surface area contributed by atoms with Crippen molar-refractivity contribution >= 4 is 0 Å². The van der Waals surface area contributed by atoms with Crippen LogP contribution in [0.3, 0.4) is 0 Å². The Morgan fingerprint density at radius 1 is 0.833 bits per heavy atom. The van der Waals surface area contributed by atoms with Crippen LogP contribution in [-0.2, 0) is 0 Å². The fraction of sp³-hybridized carbons (Fsp3) is 1.00. The Morgan fingerprint density at radius 3 is 1.72 bits per heavy atom. The van der Waals surface area contributed by atoms with Gasteiger partial charge in [-0.2, -0.15) is 0 Å². The molecule has 1 rings (SSSR count). The van der Waals surface area contributed by atoms with Crippen LogP contribution in [0.25, 0.3) is 0 Å². The van der Waals surface area contributed by atoms with Crippen LogP contribution in [0.15, 0.2) is 0 Å². The van der Waals surface area contributed by atoms with E-state index >= 15 is 0 Å². The van der Waals surface area contributed by atoms with Gasteiger partial charge in [0, 0.05) is 5.92 Å². The zero-order valence-corrected chi connectivity index (χ0v) is 12.9.